The Morgan fingerprint density at radius 1 is 0.889 bits per heavy atom. The van der Waals surface area contributed by atoms with Gasteiger partial charge < -0.3 is 25.5 Å². The molecule has 0 aromatic heterocycles. The van der Waals surface area contributed by atoms with E-state index in [4.69, 9.17) is 11.6 Å². The van der Waals surface area contributed by atoms with Crippen LogP contribution in [0.15, 0.2) is 35.1 Å². The number of aromatic hydroxyl groups is 2. The lowest BCUT2D eigenvalue weighted by Crippen LogP contribution is -2.40. The number of hydrogen-bond donors (Lipinski definition) is 5. The highest BCUT2D eigenvalue weighted by molar-refractivity contribution is 6.27. The van der Waals surface area contributed by atoms with E-state index < -0.39 is 17.6 Å². The molecule has 5 N–H and O–H groups in total. The van der Waals surface area contributed by atoms with Gasteiger partial charge in [-0.2, -0.15) is 0 Å². The molecule has 2 aromatic carbocycles. The molecule has 0 heterocycles. The lowest BCUT2D eigenvalue weighted by molar-refractivity contribution is 0.0152. The largest absolute Gasteiger partial charge is 0.510 e. The van der Waals surface area contributed by atoms with Gasteiger partial charge in [-0.05, 0) is 40.6 Å². The smallest absolute Gasteiger partial charge is 0.190 e. The van der Waals surface area contributed by atoms with Gasteiger partial charge in [-0.3, -0.25) is 4.79 Å². The molecule has 0 aliphatic heterocycles. The summed E-state index contributed by atoms with van der Waals surface area (Å²) in [7, 11) is 0. The highest BCUT2D eigenvalue weighted by atomic mass is 35.5. The third-order valence-corrected chi connectivity index (χ3v) is 5.91. The van der Waals surface area contributed by atoms with Crippen LogP contribution < -0.4 is 10.6 Å². The average molecular weight is 385 g/mol. The number of halogens is 1. The Balaban J connectivity index is 2.14. The first kappa shape index (κ1) is 16.4. The molecule has 0 bridgehead atoms. The minimum Gasteiger partial charge on any atom is -0.510 e. The molecule has 7 heteroatoms. The van der Waals surface area contributed by atoms with E-state index >= 15 is 0 Å². The van der Waals surface area contributed by atoms with Gasteiger partial charge in [-0.1, -0.05) is 6.07 Å². The van der Waals surface area contributed by atoms with Crippen LogP contribution in [0.3, 0.4) is 0 Å². The molecule has 2 aromatic rings. The summed E-state index contributed by atoms with van der Waals surface area (Å²) in [5, 5.41) is 52.5. The molecular weight excluding hydrogens is 372 g/mol. The van der Waals surface area contributed by atoms with Crippen molar-refractivity contribution in [2.75, 3.05) is 0 Å². The van der Waals surface area contributed by atoms with Gasteiger partial charge in [0.25, 0.3) is 0 Å². The van der Waals surface area contributed by atoms with E-state index in [1.165, 1.54) is 18.2 Å². The van der Waals surface area contributed by atoms with Crippen LogP contribution in [0.4, 0.5) is 0 Å². The van der Waals surface area contributed by atoms with Crippen molar-refractivity contribution in [3.63, 3.8) is 0 Å². The average Bonchev–Trinajstić information content (AvgIpc) is 2.95. The molecule has 0 fully saturated rings. The molecule has 136 valence electrons. The topological polar surface area (TPSA) is 118 Å². The summed E-state index contributed by atoms with van der Waals surface area (Å²) >= 11 is 6.09. The van der Waals surface area contributed by atoms with Crippen molar-refractivity contribution in [2.24, 2.45) is 0 Å². The highest BCUT2D eigenvalue weighted by Crippen LogP contribution is 2.46. The first-order valence-corrected chi connectivity index (χ1v) is 8.69. The van der Waals surface area contributed by atoms with E-state index in [1.807, 2.05) is 0 Å². The van der Waals surface area contributed by atoms with E-state index in [0.29, 0.717) is 27.3 Å². The maximum absolute atomic E-state index is 12.3. The number of rotatable bonds is 0. The van der Waals surface area contributed by atoms with Gasteiger partial charge >= 0.3 is 0 Å². The SMILES string of the molecule is O=c1ccc2c3c4c(c(O)cc3c3ccc(O)c1c3-2)[C@H](O)[C@H](O)[C@H](Cl)C=4O. The molecule has 5 rings (SSSR count). The van der Waals surface area contributed by atoms with Crippen molar-refractivity contribution in [2.45, 2.75) is 17.6 Å². The Morgan fingerprint density at radius 3 is 2.37 bits per heavy atom. The van der Waals surface area contributed by atoms with Crippen molar-refractivity contribution in [3.8, 4) is 22.6 Å². The maximum Gasteiger partial charge on any atom is 0.190 e. The van der Waals surface area contributed by atoms with Crippen molar-refractivity contribution in [1.82, 2.24) is 0 Å². The second-order valence-corrected chi connectivity index (χ2v) is 7.29. The van der Waals surface area contributed by atoms with E-state index in [-0.39, 0.29) is 38.9 Å². The number of fused-ring (bicyclic) bond motifs is 5. The first-order chi connectivity index (χ1) is 12.8. The second-order valence-electron chi connectivity index (χ2n) is 6.82. The van der Waals surface area contributed by atoms with E-state index in [1.54, 1.807) is 12.1 Å². The summed E-state index contributed by atoms with van der Waals surface area (Å²) in [4.78, 5) is 12.3. The molecule has 0 unspecified atom stereocenters. The third-order valence-electron chi connectivity index (χ3n) is 5.44. The Morgan fingerprint density at radius 2 is 1.63 bits per heavy atom. The van der Waals surface area contributed by atoms with Crippen LogP contribution in [0.25, 0.3) is 38.4 Å². The number of hydrogen-bond acceptors (Lipinski definition) is 6. The summed E-state index contributed by atoms with van der Waals surface area (Å²) in [6, 6.07) is 7.34. The Bertz CT molecular complexity index is 1330. The lowest BCUT2D eigenvalue weighted by Gasteiger charge is -2.28. The van der Waals surface area contributed by atoms with Gasteiger partial charge in [0.05, 0.1) is 5.39 Å². The van der Waals surface area contributed by atoms with Gasteiger partial charge in [0.2, 0.25) is 0 Å². The minimum atomic E-state index is -1.49. The Kier molecular flexibility index (Phi) is 3.11. The fraction of sp³-hybridized carbons (Fsp3) is 0.150. The monoisotopic (exact) mass is 384 g/mol. The van der Waals surface area contributed by atoms with E-state index in [2.05, 4.69) is 0 Å². The number of aliphatic hydroxyl groups excluding tert-OH is 3. The predicted octanol–water partition coefficient (Wildman–Crippen LogP) is 1.71. The number of aliphatic hydroxyl groups is 3. The molecule has 6 nitrogen and oxygen atoms in total. The molecule has 3 aliphatic rings. The van der Waals surface area contributed by atoms with Gasteiger partial charge in [0, 0.05) is 21.7 Å². The van der Waals surface area contributed by atoms with Gasteiger partial charge in [-0.15, -0.1) is 11.6 Å². The van der Waals surface area contributed by atoms with Gasteiger partial charge in [0.15, 0.2) is 5.43 Å². The minimum absolute atomic E-state index is 0.0213. The zero-order chi connectivity index (χ0) is 19.2. The number of alkyl halides is 1. The molecule has 0 radical (unpaired) electrons. The van der Waals surface area contributed by atoms with Crippen molar-refractivity contribution in [3.05, 3.63) is 51.3 Å². The molecule has 0 saturated heterocycles. The standard InChI is InChI=1S/C20H13ClO6/c21-17-18(25)16-13-7-2-4-10(23)14-9(22)3-1-6(12(7)14)8(13)5-11(24)15(16)19(26)20(17)27/h1-5,17,19-20,22,24-27H/t17-,19+,20-/m1/s1. The van der Waals surface area contributed by atoms with Crippen LogP contribution in [0, 0.1) is 0 Å². The molecule has 0 spiro atoms. The normalized spacial score (nSPS) is 22.8. The summed E-state index contributed by atoms with van der Waals surface area (Å²) in [6.07, 6.45) is -2.98. The first-order valence-electron chi connectivity index (χ1n) is 8.25. The number of phenolic OH excluding ortho intramolecular Hbond substituents is 2. The lowest BCUT2D eigenvalue weighted by atomic mass is 9.88. The molecule has 27 heavy (non-hydrogen) atoms. The van der Waals surface area contributed by atoms with Crippen LogP contribution in [0.5, 0.6) is 11.5 Å². The Labute approximate surface area is 156 Å². The summed E-state index contributed by atoms with van der Waals surface area (Å²) in [5.74, 6) is -0.833. The summed E-state index contributed by atoms with van der Waals surface area (Å²) in [6.45, 7) is 0. The van der Waals surface area contributed by atoms with Crippen LogP contribution in [0.2, 0.25) is 0 Å². The van der Waals surface area contributed by atoms with Crippen molar-refractivity contribution in [1.29, 1.82) is 0 Å². The maximum atomic E-state index is 12.3. The number of benzene rings is 3. The van der Waals surface area contributed by atoms with Gasteiger partial charge in [0.1, 0.15) is 34.8 Å². The van der Waals surface area contributed by atoms with Crippen molar-refractivity contribution < 1.29 is 25.5 Å². The third kappa shape index (κ3) is 1.84. The van der Waals surface area contributed by atoms with Crippen LogP contribution in [-0.4, -0.2) is 37.0 Å². The molecule has 3 aliphatic carbocycles. The van der Waals surface area contributed by atoms with Crippen LogP contribution >= 0.6 is 11.6 Å². The molecular formula is C20H13ClO6. The van der Waals surface area contributed by atoms with E-state index in [0.717, 1.165) is 0 Å². The van der Waals surface area contributed by atoms with Gasteiger partial charge in [-0.25, -0.2) is 0 Å². The van der Waals surface area contributed by atoms with Crippen LogP contribution in [0.1, 0.15) is 11.7 Å². The molecule has 3 atom stereocenters. The zero-order valence-electron chi connectivity index (χ0n) is 13.6. The Hall–Kier alpha value is -2.80. The second kappa shape index (κ2) is 5.13. The highest BCUT2D eigenvalue weighted by Gasteiger charge is 2.38. The fourth-order valence-corrected chi connectivity index (χ4v) is 4.50. The van der Waals surface area contributed by atoms with E-state index in [9.17, 15) is 30.3 Å². The molecule has 0 saturated carbocycles. The quantitative estimate of drug-likeness (QED) is 0.294. The molecule has 0 amide bonds. The summed E-state index contributed by atoms with van der Waals surface area (Å²) < 4.78 is 0. The van der Waals surface area contributed by atoms with Crippen molar-refractivity contribution >= 4 is 38.9 Å². The predicted molar refractivity (Wildman–Crippen MR) is 101 cm³/mol. The number of phenols is 2. The zero-order valence-corrected chi connectivity index (χ0v) is 14.4. The summed E-state index contributed by atoms with van der Waals surface area (Å²) in [5.41, 5.74) is 0.704. The fourth-order valence-electron chi connectivity index (χ4n) is 4.25. The van der Waals surface area contributed by atoms with Crippen LogP contribution in [-0.2, 0) is 0 Å².